The van der Waals surface area contributed by atoms with Crippen molar-refractivity contribution in [2.75, 3.05) is 5.73 Å². The van der Waals surface area contributed by atoms with E-state index in [-0.39, 0.29) is 0 Å². The van der Waals surface area contributed by atoms with Crippen molar-refractivity contribution < 1.29 is 0 Å². The molecule has 0 fully saturated rings. The molecule has 0 spiro atoms. The van der Waals surface area contributed by atoms with Crippen LogP contribution in [0.15, 0.2) is 46.9 Å². The SMILES string of the molecule is CCc1nc2cc(N)ccc2n1-c1ccc(Br)cc1. The van der Waals surface area contributed by atoms with Crippen LogP contribution in [0.1, 0.15) is 12.7 Å². The monoisotopic (exact) mass is 315 g/mol. The zero-order valence-corrected chi connectivity index (χ0v) is 12.2. The molecule has 0 bridgehead atoms. The Balaban J connectivity index is 2.29. The number of nitrogen functional groups attached to an aromatic ring is 1. The highest BCUT2D eigenvalue weighted by Gasteiger charge is 2.11. The molecule has 0 radical (unpaired) electrons. The van der Waals surface area contributed by atoms with Crippen molar-refractivity contribution in [3.8, 4) is 5.69 Å². The Hall–Kier alpha value is -1.81. The van der Waals surface area contributed by atoms with Crippen molar-refractivity contribution in [1.82, 2.24) is 9.55 Å². The fraction of sp³-hybridized carbons (Fsp3) is 0.133. The van der Waals surface area contributed by atoms with Crippen molar-refractivity contribution in [1.29, 1.82) is 0 Å². The fourth-order valence-electron chi connectivity index (χ4n) is 2.26. The van der Waals surface area contributed by atoms with Crippen LogP contribution >= 0.6 is 15.9 Å². The Bertz CT molecular complexity index is 729. The summed E-state index contributed by atoms with van der Waals surface area (Å²) in [5.41, 5.74) is 9.73. The molecule has 3 aromatic rings. The number of hydrogen-bond donors (Lipinski definition) is 1. The maximum Gasteiger partial charge on any atom is 0.114 e. The van der Waals surface area contributed by atoms with Crippen LogP contribution in [-0.4, -0.2) is 9.55 Å². The predicted octanol–water partition coefficient (Wildman–Crippen LogP) is 3.93. The average Bonchev–Trinajstić information content (AvgIpc) is 2.77. The highest BCUT2D eigenvalue weighted by molar-refractivity contribution is 9.10. The summed E-state index contributed by atoms with van der Waals surface area (Å²) in [7, 11) is 0. The number of anilines is 1. The van der Waals surface area contributed by atoms with E-state index < -0.39 is 0 Å². The molecule has 0 aliphatic heterocycles. The van der Waals surface area contributed by atoms with E-state index in [4.69, 9.17) is 5.73 Å². The predicted molar refractivity (Wildman–Crippen MR) is 82.6 cm³/mol. The molecular weight excluding hydrogens is 302 g/mol. The van der Waals surface area contributed by atoms with E-state index in [1.165, 1.54) is 0 Å². The second-order valence-corrected chi connectivity index (χ2v) is 5.36. The normalized spacial score (nSPS) is 11.1. The van der Waals surface area contributed by atoms with Gasteiger partial charge in [0, 0.05) is 22.3 Å². The van der Waals surface area contributed by atoms with Gasteiger partial charge in [0.25, 0.3) is 0 Å². The van der Waals surface area contributed by atoms with Gasteiger partial charge in [0.15, 0.2) is 0 Å². The van der Waals surface area contributed by atoms with Crippen molar-refractivity contribution in [2.24, 2.45) is 0 Å². The Kier molecular flexibility index (Phi) is 3.03. The zero-order valence-electron chi connectivity index (χ0n) is 10.6. The van der Waals surface area contributed by atoms with E-state index in [1.807, 2.05) is 30.3 Å². The van der Waals surface area contributed by atoms with Gasteiger partial charge < -0.3 is 5.73 Å². The summed E-state index contributed by atoms with van der Waals surface area (Å²) in [5.74, 6) is 1.04. The molecule has 0 aliphatic rings. The van der Waals surface area contributed by atoms with Crippen LogP contribution in [0.2, 0.25) is 0 Å². The summed E-state index contributed by atoms with van der Waals surface area (Å²) in [5, 5.41) is 0. The number of aromatic nitrogens is 2. The van der Waals surface area contributed by atoms with Gasteiger partial charge in [-0.05, 0) is 42.5 Å². The molecule has 0 aliphatic carbocycles. The first-order chi connectivity index (χ1) is 9.19. The first-order valence-electron chi connectivity index (χ1n) is 6.22. The smallest absolute Gasteiger partial charge is 0.114 e. The van der Waals surface area contributed by atoms with Crippen LogP contribution in [0.5, 0.6) is 0 Å². The third kappa shape index (κ3) is 2.12. The summed E-state index contributed by atoms with van der Waals surface area (Å²) in [4.78, 5) is 4.66. The lowest BCUT2D eigenvalue weighted by molar-refractivity contribution is 0.908. The molecule has 3 rings (SSSR count). The molecule has 1 aromatic heterocycles. The van der Waals surface area contributed by atoms with Crippen molar-refractivity contribution in [2.45, 2.75) is 13.3 Å². The summed E-state index contributed by atoms with van der Waals surface area (Å²) in [6.07, 6.45) is 0.880. The molecule has 96 valence electrons. The highest BCUT2D eigenvalue weighted by Crippen LogP contribution is 2.24. The molecule has 3 nitrogen and oxygen atoms in total. The van der Waals surface area contributed by atoms with Crippen molar-refractivity contribution >= 4 is 32.7 Å². The molecule has 19 heavy (non-hydrogen) atoms. The van der Waals surface area contributed by atoms with Crippen molar-refractivity contribution in [3.63, 3.8) is 0 Å². The van der Waals surface area contributed by atoms with Crippen molar-refractivity contribution in [3.05, 3.63) is 52.8 Å². The number of hydrogen-bond acceptors (Lipinski definition) is 2. The third-order valence-corrected chi connectivity index (χ3v) is 3.68. The maximum absolute atomic E-state index is 5.83. The molecule has 2 N–H and O–H groups in total. The Labute approximate surface area is 120 Å². The number of rotatable bonds is 2. The lowest BCUT2D eigenvalue weighted by Gasteiger charge is -2.08. The molecule has 0 amide bonds. The minimum Gasteiger partial charge on any atom is -0.399 e. The summed E-state index contributed by atoms with van der Waals surface area (Å²) in [6.45, 7) is 2.11. The minimum absolute atomic E-state index is 0.746. The third-order valence-electron chi connectivity index (χ3n) is 3.15. The molecule has 0 atom stereocenters. The van der Waals surface area contributed by atoms with E-state index in [9.17, 15) is 0 Å². The average molecular weight is 316 g/mol. The number of nitrogens with zero attached hydrogens (tertiary/aromatic N) is 2. The van der Waals surface area contributed by atoms with Gasteiger partial charge in [0.05, 0.1) is 11.0 Å². The van der Waals surface area contributed by atoms with Gasteiger partial charge in [0.2, 0.25) is 0 Å². The number of nitrogens with two attached hydrogens (primary N) is 1. The Morgan fingerprint density at radius 2 is 1.89 bits per heavy atom. The summed E-state index contributed by atoms with van der Waals surface area (Å²) in [6, 6.07) is 14.1. The highest BCUT2D eigenvalue weighted by atomic mass is 79.9. The molecule has 4 heteroatoms. The second-order valence-electron chi connectivity index (χ2n) is 4.44. The fourth-order valence-corrected chi connectivity index (χ4v) is 2.53. The largest absolute Gasteiger partial charge is 0.399 e. The van der Waals surface area contributed by atoms with E-state index >= 15 is 0 Å². The maximum atomic E-state index is 5.83. The molecular formula is C15H14BrN3. The van der Waals surface area contributed by atoms with Gasteiger partial charge >= 0.3 is 0 Å². The first kappa shape index (κ1) is 12.2. The quantitative estimate of drug-likeness (QED) is 0.728. The second kappa shape index (κ2) is 4.70. The molecule has 0 saturated heterocycles. The van der Waals surface area contributed by atoms with Gasteiger partial charge in [-0.3, -0.25) is 4.57 Å². The lowest BCUT2D eigenvalue weighted by Crippen LogP contribution is -1.99. The zero-order chi connectivity index (χ0) is 13.4. The number of aryl methyl sites for hydroxylation is 1. The van der Waals surface area contributed by atoms with Crippen LogP contribution in [-0.2, 0) is 6.42 Å². The number of fused-ring (bicyclic) bond motifs is 1. The van der Waals surface area contributed by atoms with Gasteiger partial charge in [-0.2, -0.15) is 0 Å². The van der Waals surface area contributed by atoms with Gasteiger partial charge in [-0.25, -0.2) is 4.98 Å². The number of halogens is 1. The lowest BCUT2D eigenvalue weighted by atomic mass is 10.2. The van der Waals surface area contributed by atoms with Crippen LogP contribution in [0.25, 0.3) is 16.7 Å². The minimum atomic E-state index is 0.746. The van der Waals surface area contributed by atoms with E-state index in [2.05, 4.69) is 44.5 Å². The van der Waals surface area contributed by atoms with E-state index in [0.717, 1.165) is 39.1 Å². The molecule has 0 unspecified atom stereocenters. The van der Waals surface area contributed by atoms with E-state index in [1.54, 1.807) is 0 Å². The summed E-state index contributed by atoms with van der Waals surface area (Å²) >= 11 is 3.46. The molecule has 1 heterocycles. The first-order valence-corrected chi connectivity index (χ1v) is 7.01. The number of benzene rings is 2. The molecule has 0 saturated carbocycles. The number of imidazole rings is 1. The van der Waals surface area contributed by atoms with Gasteiger partial charge in [-0.15, -0.1) is 0 Å². The Morgan fingerprint density at radius 1 is 1.16 bits per heavy atom. The van der Waals surface area contributed by atoms with Gasteiger partial charge in [-0.1, -0.05) is 22.9 Å². The topological polar surface area (TPSA) is 43.8 Å². The standard InChI is InChI=1S/C15H14BrN3/c1-2-15-18-13-9-11(17)5-8-14(13)19(15)12-6-3-10(16)4-7-12/h3-9H,2,17H2,1H3. The Morgan fingerprint density at radius 3 is 2.58 bits per heavy atom. The summed E-state index contributed by atoms with van der Waals surface area (Å²) < 4.78 is 3.25. The van der Waals surface area contributed by atoms with Crippen LogP contribution < -0.4 is 5.73 Å². The van der Waals surface area contributed by atoms with Gasteiger partial charge in [0.1, 0.15) is 5.82 Å². The van der Waals surface area contributed by atoms with E-state index in [0.29, 0.717) is 0 Å². The van der Waals surface area contributed by atoms with Crippen LogP contribution in [0.4, 0.5) is 5.69 Å². The molecule has 2 aromatic carbocycles. The van der Waals surface area contributed by atoms with Crippen LogP contribution in [0.3, 0.4) is 0 Å². The van der Waals surface area contributed by atoms with Crippen LogP contribution in [0, 0.1) is 0 Å².